The maximum Gasteiger partial charge on any atom is 0.162 e. The van der Waals surface area contributed by atoms with E-state index in [1.807, 2.05) is 42.5 Å². The van der Waals surface area contributed by atoms with E-state index in [1.54, 1.807) is 0 Å². The van der Waals surface area contributed by atoms with E-state index in [-0.39, 0.29) is 18.2 Å². The van der Waals surface area contributed by atoms with Crippen LogP contribution in [0, 0.1) is 0 Å². The van der Waals surface area contributed by atoms with Crippen LogP contribution in [0.5, 0.6) is 11.5 Å². The summed E-state index contributed by atoms with van der Waals surface area (Å²) in [6.07, 6.45) is 2.02. The van der Waals surface area contributed by atoms with Gasteiger partial charge in [0.05, 0.1) is 6.10 Å². The summed E-state index contributed by atoms with van der Waals surface area (Å²) >= 11 is 0. The van der Waals surface area contributed by atoms with Gasteiger partial charge in [0.1, 0.15) is 13.2 Å². The summed E-state index contributed by atoms with van der Waals surface area (Å²) in [6.45, 7) is 1.89. The zero-order chi connectivity index (χ0) is 29.0. The van der Waals surface area contributed by atoms with Gasteiger partial charge in [-0.3, -0.25) is 4.90 Å². The summed E-state index contributed by atoms with van der Waals surface area (Å²) in [6, 6.07) is 44.5. The van der Waals surface area contributed by atoms with Gasteiger partial charge in [0.15, 0.2) is 11.5 Å². The van der Waals surface area contributed by atoms with Crippen LogP contribution < -0.4 is 9.47 Å². The molecule has 0 radical (unpaired) electrons. The number of aliphatic hydroxyl groups is 1. The second-order valence-electron chi connectivity index (χ2n) is 11.7. The summed E-state index contributed by atoms with van der Waals surface area (Å²) < 4.78 is 12.8. The van der Waals surface area contributed by atoms with Crippen molar-refractivity contribution in [3.8, 4) is 22.6 Å². The molecule has 5 aromatic rings. The van der Waals surface area contributed by atoms with Crippen molar-refractivity contribution in [2.75, 3.05) is 6.54 Å². The summed E-state index contributed by atoms with van der Waals surface area (Å²) in [5, 5.41) is 11.1. The van der Waals surface area contributed by atoms with Gasteiger partial charge in [-0.1, -0.05) is 115 Å². The number of fused-ring (bicyclic) bond motifs is 3. The molecule has 0 aromatic heterocycles. The Morgan fingerprint density at radius 1 is 0.605 bits per heavy atom. The van der Waals surface area contributed by atoms with Crippen molar-refractivity contribution in [2.24, 2.45) is 0 Å². The Morgan fingerprint density at radius 2 is 1.14 bits per heavy atom. The highest BCUT2D eigenvalue weighted by molar-refractivity contribution is 5.63. The molecule has 43 heavy (non-hydrogen) atoms. The van der Waals surface area contributed by atoms with E-state index in [0.717, 1.165) is 42.0 Å². The van der Waals surface area contributed by atoms with Crippen LogP contribution in [0.4, 0.5) is 0 Å². The van der Waals surface area contributed by atoms with Crippen LogP contribution in [0.2, 0.25) is 0 Å². The fraction of sp³-hybridized carbons (Fsp3) is 0.231. The van der Waals surface area contributed by atoms with Crippen molar-refractivity contribution in [3.05, 3.63) is 155 Å². The van der Waals surface area contributed by atoms with Crippen LogP contribution in [0.1, 0.15) is 52.7 Å². The molecule has 1 N–H and O–H groups in total. The van der Waals surface area contributed by atoms with E-state index < -0.39 is 0 Å². The van der Waals surface area contributed by atoms with E-state index >= 15 is 0 Å². The largest absolute Gasteiger partial charge is 0.485 e. The smallest absolute Gasteiger partial charge is 0.162 e. The van der Waals surface area contributed by atoms with Gasteiger partial charge >= 0.3 is 0 Å². The van der Waals surface area contributed by atoms with Gasteiger partial charge in [-0.2, -0.15) is 0 Å². The lowest BCUT2D eigenvalue weighted by Gasteiger charge is -2.47. The van der Waals surface area contributed by atoms with Gasteiger partial charge in [-0.05, 0) is 70.3 Å². The average Bonchev–Trinajstić information content (AvgIpc) is 3.07. The first-order valence-corrected chi connectivity index (χ1v) is 15.3. The molecule has 0 amide bonds. The number of aliphatic hydroxyl groups excluding tert-OH is 1. The van der Waals surface area contributed by atoms with Crippen molar-refractivity contribution in [1.82, 2.24) is 4.90 Å². The zero-order valence-electron chi connectivity index (χ0n) is 24.3. The Labute approximate surface area is 254 Å². The molecule has 4 nitrogen and oxygen atoms in total. The quantitative estimate of drug-likeness (QED) is 0.205. The van der Waals surface area contributed by atoms with E-state index in [1.165, 1.54) is 27.8 Å². The zero-order valence-corrected chi connectivity index (χ0v) is 24.3. The van der Waals surface area contributed by atoms with Gasteiger partial charge in [-0.15, -0.1) is 0 Å². The van der Waals surface area contributed by atoms with E-state index in [4.69, 9.17) is 9.47 Å². The van der Waals surface area contributed by atoms with Crippen LogP contribution in [0.15, 0.2) is 127 Å². The second kappa shape index (κ2) is 12.5. The lowest BCUT2D eigenvalue weighted by molar-refractivity contribution is -0.00689. The van der Waals surface area contributed by atoms with Crippen LogP contribution >= 0.6 is 0 Å². The first-order chi connectivity index (χ1) is 21.2. The Hall–Kier alpha value is -4.38. The molecule has 0 unspecified atom stereocenters. The van der Waals surface area contributed by atoms with Gasteiger partial charge in [0.25, 0.3) is 0 Å². The Kier molecular flexibility index (Phi) is 7.96. The maximum absolute atomic E-state index is 11.1. The molecule has 0 spiro atoms. The monoisotopic (exact) mass is 567 g/mol. The molecule has 2 heterocycles. The molecule has 5 aromatic carbocycles. The maximum atomic E-state index is 11.1. The Balaban J connectivity index is 1.18. The Morgan fingerprint density at radius 3 is 1.77 bits per heavy atom. The molecule has 4 heteroatoms. The number of ether oxygens (including phenoxy) is 2. The van der Waals surface area contributed by atoms with Crippen LogP contribution in [-0.2, 0) is 19.6 Å². The van der Waals surface area contributed by atoms with E-state index in [2.05, 4.69) is 89.8 Å². The first kappa shape index (κ1) is 27.5. The van der Waals surface area contributed by atoms with E-state index in [9.17, 15) is 5.11 Å². The van der Waals surface area contributed by atoms with Crippen LogP contribution in [0.3, 0.4) is 0 Å². The minimum atomic E-state index is -0.367. The summed E-state index contributed by atoms with van der Waals surface area (Å²) in [4.78, 5) is 2.60. The molecule has 1 fully saturated rings. The SMILES string of the molecule is O[C@@H]1C[C@@H](c2ccc(-c3ccccc3)cc2)N2CCc3cc(OCc4ccccc4)c(OCc4ccccc4)cc3[C@@H]2C1. The lowest BCUT2D eigenvalue weighted by atomic mass is 9.81. The van der Waals surface area contributed by atoms with Gasteiger partial charge in [0.2, 0.25) is 0 Å². The molecule has 0 bridgehead atoms. The molecular weight excluding hydrogens is 530 g/mol. The fourth-order valence-electron chi connectivity index (χ4n) is 6.66. The summed E-state index contributed by atoms with van der Waals surface area (Å²) in [5.74, 6) is 1.53. The molecule has 216 valence electrons. The number of piperidine rings is 1. The number of nitrogens with zero attached hydrogens (tertiary/aromatic N) is 1. The third-order valence-corrected chi connectivity index (χ3v) is 8.87. The van der Waals surface area contributed by atoms with E-state index in [0.29, 0.717) is 19.6 Å². The van der Waals surface area contributed by atoms with Gasteiger partial charge < -0.3 is 14.6 Å². The van der Waals surface area contributed by atoms with Crippen molar-refractivity contribution < 1.29 is 14.6 Å². The molecule has 7 rings (SSSR count). The highest BCUT2D eigenvalue weighted by Gasteiger charge is 2.40. The molecular formula is C39H37NO3. The third kappa shape index (κ3) is 6.08. The summed E-state index contributed by atoms with van der Waals surface area (Å²) in [7, 11) is 0. The predicted molar refractivity (Wildman–Crippen MR) is 171 cm³/mol. The standard InChI is InChI=1S/C39H37NO3/c41-34-23-36(32-18-16-31(17-19-32)30-14-8-3-9-15-30)40-21-20-33-22-38(42-26-28-10-4-1-5-11-28)39(25-35(33)37(40)24-34)43-27-29-12-6-2-7-13-29/h1-19,22,25,34,36-37,41H,20-21,23-24,26-27H2/t34-,36+,37+/m1/s1. The van der Waals surface area contributed by atoms with Crippen LogP contribution in [0.25, 0.3) is 11.1 Å². The van der Waals surface area contributed by atoms with Gasteiger partial charge in [-0.25, -0.2) is 0 Å². The number of rotatable bonds is 8. The molecule has 0 saturated carbocycles. The number of benzene rings is 5. The molecule has 0 aliphatic carbocycles. The van der Waals surface area contributed by atoms with Crippen molar-refractivity contribution in [2.45, 2.75) is 50.7 Å². The summed E-state index contributed by atoms with van der Waals surface area (Å²) in [5.41, 5.74) is 8.45. The molecule has 3 atom stereocenters. The molecule has 2 aliphatic heterocycles. The second-order valence-corrected chi connectivity index (χ2v) is 11.7. The minimum absolute atomic E-state index is 0.119. The lowest BCUT2D eigenvalue weighted by Crippen LogP contribution is -2.45. The fourth-order valence-corrected chi connectivity index (χ4v) is 6.66. The highest BCUT2D eigenvalue weighted by atomic mass is 16.5. The molecule has 1 saturated heterocycles. The van der Waals surface area contributed by atoms with Crippen LogP contribution in [-0.4, -0.2) is 22.7 Å². The normalized spacial score (nSPS) is 19.7. The van der Waals surface area contributed by atoms with Gasteiger partial charge in [0, 0.05) is 18.6 Å². The Bertz CT molecular complexity index is 1640. The highest BCUT2D eigenvalue weighted by Crippen LogP contribution is 2.47. The minimum Gasteiger partial charge on any atom is -0.485 e. The van der Waals surface area contributed by atoms with Crippen molar-refractivity contribution in [1.29, 1.82) is 0 Å². The molecule has 2 aliphatic rings. The average molecular weight is 568 g/mol. The topological polar surface area (TPSA) is 41.9 Å². The van der Waals surface area contributed by atoms with Crippen molar-refractivity contribution >= 4 is 0 Å². The first-order valence-electron chi connectivity index (χ1n) is 15.3. The van der Waals surface area contributed by atoms with Crippen molar-refractivity contribution in [3.63, 3.8) is 0 Å². The number of hydrogen-bond acceptors (Lipinski definition) is 4. The predicted octanol–water partition coefficient (Wildman–Crippen LogP) is 8.31. The third-order valence-electron chi connectivity index (χ3n) is 8.87. The number of hydrogen-bond donors (Lipinski definition) is 1.